The summed E-state index contributed by atoms with van der Waals surface area (Å²) in [5, 5.41) is 6.73. The highest BCUT2D eigenvalue weighted by molar-refractivity contribution is 7.92. The van der Waals surface area contributed by atoms with Gasteiger partial charge in [0, 0.05) is 31.2 Å². The van der Waals surface area contributed by atoms with Crippen molar-refractivity contribution in [3.8, 4) is 0 Å². The molecule has 0 radical (unpaired) electrons. The summed E-state index contributed by atoms with van der Waals surface area (Å²) in [4.78, 5) is 0.227. The molecule has 2 N–H and O–H groups in total. The third kappa shape index (κ3) is 2.73. The molecule has 2 rings (SSSR count). The van der Waals surface area contributed by atoms with Crippen molar-refractivity contribution in [2.75, 3.05) is 4.72 Å². The van der Waals surface area contributed by atoms with Gasteiger partial charge in [-0.15, -0.1) is 0 Å². The zero-order chi connectivity index (χ0) is 13.2. The van der Waals surface area contributed by atoms with E-state index in [2.05, 4.69) is 21.8 Å². The molecule has 0 amide bonds. The van der Waals surface area contributed by atoms with Crippen LogP contribution in [-0.2, 0) is 23.5 Å². The first-order chi connectivity index (χ1) is 8.51. The molecule has 0 unspecified atom stereocenters. The smallest absolute Gasteiger partial charge is 0.264 e. The van der Waals surface area contributed by atoms with Crippen LogP contribution in [0, 0.1) is 0 Å². The molecule has 0 bridgehead atoms. The van der Waals surface area contributed by atoms with Gasteiger partial charge in [0.1, 0.15) is 4.90 Å². The summed E-state index contributed by atoms with van der Waals surface area (Å²) < 4.78 is 28.1. The molecule has 2 heterocycles. The molecule has 0 saturated carbocycles. The first kappa shape index (κ1) is 12.7. The Balaban J connectivity index is 2.17. The van der Waals surface area contributed by atoms with E-state index in [-0.39, 0.29) is 4.90 Å². The Morgan fingerprint density at radius 2 is 2.28 bits per heavy atom. The van der Waals surface area contributed by atoms with E-state index in [1.165, 1.54) is 0 Å². The number of aromatic nitrogens is 3. The third-order valence-corrected chi connectivity index (χ3v) is 3.84. The Kier molecular flexibility index (Phi) is 3.42. The van der Waals surface area contributed by atoms with Crippen LogP contribution in [0.5, 0.6) is 0 Å². The lowest BCUT2D eigenvalue weighted by Crippen LogP contribution is -2.12. The molecule has 0 aliphatic heterocycles. The van der Waals surface area contributed by atoms with Gasteiger partial charge in [0.05, 0.1) is 0 Å². The molecule has 0 spiro atoms. The Bertz CT molecular complexity index is 627. The molecular formula is C11H16N4O2S. The van der Waals surface area contributed by atoms with E-state index in [0.29, 0.717) is 5.82 Å². The van der Waals surface area contributed by atoms with E-state index in [1.807, 2.05) is 0 Å². The Morgan fingerprint density at radius 1 is 1.50 bits per heavy atom. The van der Waals surface area contributed by atoms with Crippen LogP contribution in [-0.4, -0.2) is 23.2 Å². The highest BCUT2D eigenvalue weighted by atomic mass is 32.2. The number of aryl methyl sites for hydroxylation is 2. The molecular weight excluding hydrogens is 252 g/mol. The van der Waals surface area contributed by atoms with Crippen LogP contribution in [0.4, 0.5) is 5.82 Å². The second-order valence-corrected chi connectivity index (χ2v) is 5.83. The lowest BCUT2D eigenvalue weighted by Gasteiger charge is -2.01. The highest BCUT2D eigenvalue weighted by Gasteiger charge is 2.16. The van der Waals surface area contributed by atoms with Crippen molar-refractivity contribution in [2.24, 2.45) is 7.05 Å². The summed E-state index contributed by atoms with van der Waals surface area (Å²) >= 11 is 0. The zero-order valence-corrected chi connectivity index (χ0v) is 11.2. The standard InChI is InChI=1S/C11H16N4O2S/c1-3-4-9-7-11(13-12-9)14-18(16,17)10-5-6-15(2)8-10/h5-8H,3-4H2,1-2H3,(H2,12,13,14). The maximum Gasteiger partial charge on any atom is 0.264 e. The SMILES string of the molecule is CCCc1cc(NS(=O)(=O)c2ccn(C)c2)n[nH]1. The van der Waals surface area contributed by atoms with Gasteiger partial charge in [0.2, 0.25) is 0 Å². The second kappa shape index (κ2) is 4.85. The van der Waals surface area contributed by atoms with E-state index < -0.39 is 10.0 Å². The van der Waals surface area contributed by atoms with Crippen LogP contribution < -0.4 is 4.72 Å². The van der Waals surface area contributed by atoms with Crippen molar-refractivity contribution in [3.63, 3.8) is 0 Å². The quantitative estimate of drug-likeness (QED) is 0.862. The fourth-order valence-corrected chi connectivity index (χ4v) is 2.69. The van der Waals surface area contributed by atoms with Crippen molar-refractivity contribution in [1.82, 2.24) is 14.8 Å². The number of anilines is 1. The average molecular weight is 268 g/mol. The molecule has 0 aliphatic rings. The molecule has 2 aromatic heterocycles. The number of hydrogen-bond acceptors (Lipinski definition) is 3. The van der Waals surface area contributed by atoms with Gasteiger partial charge >= 0.3 is 0 Å². The van der Waals surface area contributed by atoms with Crippen molar-refractivity contribution in [1.29, 1.82) is 0 Å². The number of nitrogens with zero attached hydrogens (tertiary/aromatic N) is 2. The predicted octanol–water partition coefficient (Wildman–Crippen LogP) is 1.50. The number of rotatable bonds is 5. The fourth-order valence-electron chi connectivity index (χ4n) is 1.64. The van der Waals surface area contributed by atoms with Crippen LogP contribution in [0.25, 0.3) is 0 Å². The molecule has 6 nitrogen and oxygen atoms in total. The molecule has 0 atom stereocenters. The minimum absolute atomic E-state index is 0.227. The monoisotopic (exact) mass is 268 g/mol. The molecule has 0 saturated heterocycles. The van der Waals surface area contributed by atoms with Gasteiger partial charge < -0.3 is 4.57 Å². The van der Waals surface area contributed by atoms with Gasteiger partial charge in [-0.3, -0.25) is 9.82 Å². The van der Waals surface area contributed by atoms with Gasteiger partial charge in [-0.25, -0.2) is 8.42 Å². The number of nitrogens with one attached hydrogen (secondary N) is 2. The lowest BCUT2D eigenvalue weighted by atomic mass is 10.2. The van der Waals surface area contributed by atoms with E-state index >= 15 is 0 Å². The molecule has 7 heteroatoms. The van der Waals surface area contributed by atoms with Gasteiger partial charge in [0.25, 0.3) is 10.0 Å². The summed E-state index contributed by atoms with van der Waals surface area (Å²) in [6.07, 6.45) is 5.05. The number of sulfonamides is 1. The summed E-state index contributed by atoms with van der Waals surface area (Å²) in [6.45, 7) is 2.05. The highest BCUT2D eigenvalue weighted by Crippen LogP contribution is 2.15. The molecule has 98 valence electrons. The summed E-state index contributed by atoms with van der Waals surface area (Å²) in [5.41, 5.74) is 0.920. The van der Waals surface area contributed by atoms with Crippen LogP contribution in [0.1, 0.15) is 19.0 Å². The topological polar surface area (TPSA) is 79.8 Å². The van der Waals surface area contributed by atoms with Gasteiger partial charge in [-0.2, -0.15) is 5.10 Å². The minimum Gasteiger partial charge on any atom is -0.356 e. The molecule has 2 aromatic rings. The van der Waals surface area contributed by atoms with Gasteiger partial charge in [-0.05, 0) is 12.5 Å². The van der Waals surface area contributed by atoms with Crippen LogP contribution in [0.15, 0.2) is 29.4 Å². The maximum absolute atomic E-state index is 12.0. The van der Waals surface area contributed by atoms with Gasteiger partial charge in [0.15, 0.2) is 5.82 Å². The molecule has 0 aliphatic carbocycles. The van der Waals surface area contributed by atoms with Crippen LogP contribution in [0.2, 0.25) is 0 Å². The lowest BCUT2D eigenvalue weighted by molar-refractivity contribution is 0.601. The second-order valence-electron chi connectivity index (χ2n) is 4.15. The first-order valence-corrected chi connectivity index (χ1v) is 7.18. The number of H-pyrrole nitrogens is 1. The first-order valence-electron chi connectivity index (χ1n) is 5.70. The molecule has 18 heavy (non-hydrogen) atoms. The fraction of sp³-hybridized carbons (Fsp3) is 0.364. The number of hydrogen-bond donors (Lipinski definition) is 2. The summed E-state index contributed by atoms with van der Waals surface area (Å²) in [6, 6.07) is 3.26. The van der Waals surface area contributed by atoms with E-state index in [1.54, 1.807) is 36.1 Å². The maximum atomic E-state index is 12.0. The van der Waals surface area contributed by atoms with Crippen molar-refractivity contribution in [2.45, 2.75) is 24.7 Å². The van der Waals surface area contributed by atoms with Crippen molar-refractivity contribution >= 4 is 15.8 Å². The van der Waals surface area contributed by atoms with E-state index in [0.717, 1.165) is 18.5 Å². The summed E-state index contributed by atoms with van der Waals surface area (Å²) in [7, 11) is -1.78. The minimum atomic E-state index is -3.55. The van der Waals surface area contributed by atoms with Crippen LogP contribution in [0.3, 0.4) is 0 Å². The van der Waals surface area contributed by atoms with Gasteiger partial charge in [-0.1, -0.05) is 13.3 Å². The molecule has 0 fully saturated rings. The summed E-state index contributed by atoms with van der Waals surface area (Å²) in [5.74, 6) is 0.322. The van der Waals surface area contributed by atoms with E-state index in [4.69, 9.17) is 0 Å². The predicted molar refractivity (Wildman–Crippen MR) is 68.8 cm³/mol. The normalized spacial score (nSPS) is 11.7. The Morgan fingerprint density at radius 3 is 2.89 bits per heavy atom. The number of aromatic amines is 1. The Labute approximate surface area is 106 Å². The Hall–Kier alpha value is -1.76. The van der Waals surface area contributed by atoms with E-state index in [9.17, 15) is 8.42 Å². The molecule has 0 aromatic carbocycles. The average Bonchev–Trinajstić information content (AvgIpc) is 2.88. The zero-order valence-electron chi connectivity index (χ0n) is 10.3. The van der Waals surface area contributed by atoms with Crippen molar-refractivity contribution < 1.29 is 8.42 Å². The third-order valence-electron chi connectivity index (χ3n) is 2.50. The van der Waals surface area contributed by atoms with Crippen LogP contribution >= 0.6 is 0 Å². The largest absolute Gasteiger partial charge is 0.356 e. The van der Waals surface area contributed by atoms with Crippen molar-refractivity contribution in [3.05, 3.63) is 30.2 Å².